The zero-order chi connectivity index (χ0) is 36.9. The number of nitrogens with one attached hydrogen (secondary N) is 1. The van der Waals surface area contributed by atoms with E-state index in [-0.39, 0.29) is 16.7 Å². The monoisotopic (exact) mass is 713 g/mol. The molecule has 8 heteroatoms. The van der Waals surface area contributed by atoms with E-state index < -0.39 is 8.80 Å². The summed E-state index contributed by atoms with van der Waals surface area (Å²) in [6, 6.07) is 18.7. The Hall–Kier alpha value is -3.43. The fourth-order valence-corrected chi connectivity index (χ4v) is 9.42. The Kier molecular flexibility index (Phi) is 14.9. The number of fused-ring (bicyclic) bond motifs is 2. The molecule has 0 saturated heterocycles. The zero-order valence-electron chi connectivity index (χ0n) is 32.5. The van der Waals surface area contributed by atoms with Crippen LogP contribution in [0.5, 0.6) is 0 Å². The second-order valence-electron chi connectivity index (χ2n) is 14.8. The van der Waals surface area contributed by atoms with Gasteiger partial charge in [0.1, 0.15) is 0 Å². The molecule has 2 aromatic rings. The minimum Gasteiger partial charge on any atom is -0.377 e. The largest absolute Gasteiger partial charge is 0.500 e. The van der Waals surface area contributed by atoms with Crippen molar-refractivity contribution < 1.29 is 18.1 Å². The van der Waals surface area contributed by atoms with Gasteiger partial charge in [0.25, 0.3) is 0 Å². The Bertz CT molecular complexity index is 1530. The Morgan fingerprint density at radius 1 is 0.784 bits per heavy atom. The number of benzene rings is 2. The summed E-state index contributed by atoms with van der Waals surface area (Å²) in [6.45, 7) is 14.2. The summed E-state index contributed by atoms with van der Waals surface area (Å²) < 4.78 is 16.4. The van der Waals surface area contributed by atoms with Crippen LogP contribution in [0.15, 0.2) is 96.8 Å². The zero-order valence-corrected chi connectivity index (χ0v) is 33.5. The standard InChI is InChI=1S/C43H63N3O4Si/c1-9-10-32-45-37-26-20-18-24-35(37)42(2,3)39(45)28-15-12-11-13-16-29-40-43(4,5)36-25-19-21-27-38(36)46(40)33-22-14-17-30-41(47)44-31-23-34-51(48-6,49-7)50-8/h11-13,15-16,18-21,24-29,39H,9-10,14,17,22-23,30-34H2,1-8H3,(H,44,47). The van der Waals surface area contributed by atoms with E-state index >= 15 is 0 Å². The molecule has 2 aliphatic rings. The Morgan fingerprint density at radius 3 is 2.14 bits per heavy atom. The van der Waals surface area contributed by atoms with Gasteiger partial charge in [-0.1, -0.05) is 120 Å². The van der Waals surface area contributed by atoms with Crippen molar-refractivity contribution in [3.63, 3.8) is 0 Å². The van der Waals surface area contributed by atoms with Gasteiger partial charge in [-0.2, -0.15) is 0 Å². The van der Waals surface area contributed by atoms with Crippen LogP contribution in [0.3, 0.4) is 0 Å². The van der Waals surface area contributed by atoms with Gasteiger partial charge in [0, 0.05) is 81.3 Å². The van der Waals surface area contributed by atoms with Crippen molar-refractivity contribution >= 4 is 26.1 Å². The lowest BCUT2D eigenvalue weighted by atomic mass is 9.80. The molecule has 0 bridgehead atoms. The molecule has 2 heterocycles. The average Bonchev–Trinajstić information content (AvgIpc) is 3.48. The van der Waals surface area contributed by atoms with E-state index in [1.165, 1.54) is 41.0 Å². The minimum absolute atomic E-state index is 0.0580. The van der Waals surface area contributed by atoms with Gasteiger partial charge in [-0.3, -0.25) is 4.79 Å². The lowest BCUT2D eigenvalue weighted by molar-refractivity contribution is -0.121. The number of carbonyl (C=O) groups excluding carboxylic acids is 1. The van der Waals surface area contributed by atoms with E-state index in [1.54, 1.807) is 21.3 Å². The van der Waals surface area contributed by atoms with Crippen molar-refractivity contribution in [2.45, 2.75) is 102 Å². The van der Waals surface area contributed by atoms with Gasteiger partial charge in [-0.25, -0.2) is 0 Å². The van der Waals surface area contributed by atoms with E-state index in [0.29, 0.717) is 25.1 Å². The third-order valence-corrected chi connectivity index (χ3v) is 13.6. The van der Waals surface area contributed by atoms with Crippen LogP contribution in [-0.2, 0) is 28.9 Å². The Balaban J connectivity index is 1.31. The van der Waals surface area contributed by atoms with Crippen LogP contribution < -0.4 is 15.1 Å². The molecule has 0 radical (unpaired) electrons. The number of hydrogen-bond donors (Lipinski definition) is 1. The first-order valence-electron chi connectivity index (χ1n) is 18.9. The lowest BCUT2D eigenvalue weighted by Gasteiger charge is -2.32. The second-order valence-corrected chi connectivity index (χ2v) is 17.9. The molecule has 0 aromatic heterocycles. The van der Waals surface area contributed by atoms with Crippen LogP contribution in [0.2, 0.25) is 6.04 Å². The van der Waals surface area contributed by atoms with Crippen molar-refractivity contribution in [1.82, 2.24) is 5.32 Å². The number of nitrogens with zero attached hydrogens (tertiary/aromatic N) is 2. The van der Waals surface area contributed by atoms with Crippen LogP contribution in [0, 0.1) is 0 Å². The van der Waals surface area contributed by atoms with Gasteiger partial charge in [0.2, 0.25) is 5.91 Å². The van der Waals surface area contributed by atoms with Gasteiger partial charge in [-0.15, -0.1) is 0 Å². The predicted molar refractivity (Wildman–Crippen MR) is 216 cm³/mol. The first-order valence-corrected chi connectivity index (χ1v) is 20.9. The van der Waals surface area contributed by atoms with Gasteiger partial charge in [0.05, 0.1) is 6.04 Å². The first kappa shape index (κ1) is 40.3. The van der Waals surface area contributed by atoms with E-state index in [1.807, 2.05) is 0 Å². The fraction of sp³-hybridized carbons (Fsp3) is 0.512. The molecule has 2 aliphatic heterocycles. The molecule has 4 rings (SSSR count). The molecule has 1 unspecified atom stereocenters. The van der Waals surface area contributed by atoms with Crippen LogP contribution >= 0.6 is 0 Å². The Morgan fingerprint density at radius 2 is 1.43 bits per heavy atom. The van der Waals surface area contributed by atoms with Crippen molar-refractivity contribution in [2.75, 3.05) is 50.8 Å². The van der Waals surface area contributed by atoms with Crippen molar-refractivity contribution in [3.05, 3.63) is 108 Å². The highest BCUT2D eigenvalue weighted by molar-refractivity contribution is 6.60. The van der Waals surface area contributed by atoms with Gasteiger partial charge in [-0.05, 0) is 55.0 Å². The molecule has 0 spiro atoms. The molecule has 0 aliphatic carbocycles. The molecule has 0 saturated carbocycles. The highest BCUT2D eigenvalue weighted by Crippen LogP contribution is 2.48. The number of amides is 1. The maximum absolute atomic E-state index is 12.5. The van der Waals surface area contributed by atoms with Crippen molar-refractivity contribution in [3.8, 4) is 0 Å². The number of rotatable bonds is 20. The van der Waals surface area contributed by atoms with Crippen molar-refractivity contribution in [2.24, 2.45) is 0 Å². The maximum atomic E-state index is 12.5. The Labute approximate surface area is 309 Å². The number of allylic oxidation sites excluding steroid dienone is 7. The summed E-state index contributed by atoms with van der Waals surface area (Å²) in [5, 5.41) is 3.04. The van der Waals surface area contributed by atoms with Crippen LogP contribution in [0.4, 0.5) is 11.4 Å². The van der Waals surface area contributed by atoms with Crippen LogP contribution in [-0.4, -0.2) is 61.7 Å². The number of anilines is 2. The third kappa shape index (κ3) is 9.72. The normalized spacial score (nSPS) is 18.8. The van der Waals surface area contributed by atoms with Gasteiger partial charge in [0.15, 0.2) is 0 Å². The molecular weight excluding hydrogens is 651 g/mol. The van der Waals surface area contributed by atoms with Crippen LogP contribution in [0.1, 0.15) is 90.7 Å². The molecule has 7 nitrogen and oxygen atoms in total. The van der Waals surface area contributed by atoms with Gasteiger partial charge < -0.3 is 28.4 Å². The lowest BCUT2D eigenvalue weighted by Crippen LogP contribution is -2.43. The third-order valence-electron chi connectivity index (χ3n) is 10.7. The highest BCUT2D eigenvalue weighted by atomic mass is 28.4. The molecule has 2 aromatic carbocycles. The van der Waals surface area contributed by atoms with E-state index in [0.717, 1.165) is 38.8 Å². The molecule has 1 N–H and O–H groups in total. The molecule has 278 valence electrons. The molecule has 1 atom stereocenters. The summed E-state index contributed by atoms with van der Waals surface area (Å²) in [4.78, 5) is 17.5. The molecule has 51 heavy (non-hydrogen) atoms. The SMILES string of the molecule is CCCCN1c2ccccc2C(C)(C)C1C=CC=CC=CC=C1N(CCCCCC(=O)NCCC[Si](OC)(OC)OC)c2ccccc2C1(C)C. The number of para-hydroxylation sites is 2. The number of carbonyl (C=O) groups is 1. The van der Waals surface area contributed by atoms with Crippen molar-refractivity contribution in [1.29, 1.82) is 0 Å². The summed E-state index contributed by atoms with van der Waals surface area (Å²) in [5.74, 6) is 0.0988. The maximum Gasteiger partial charge on any atom is 0.500 e. The topological polar surface area (TPSA) is 63.3 Å². The number of hydrogen-bond acceptors (Lipinski definition) is 6. The highest BCUT2D eigenvalue weighted by Gasteiger charge is 2.42. The molecule has 0 fully saturated rings. The first-order chi connectivity index (χ1) is 24.6. The minimum atomic E-state index is -2.59. The average molecular weight is 714 g/mol. The smallest absolute Gasteiger partial charge is 0.377 e. The summed E-state index contributed by atoms with van der Waals surface area (Å²) >= 11 is 0. The fourth-order valence-electron chi connectivity index (χ4n) is 7.70. The quantitative estimate of drug-likeness (QED) is 0.0839. The summed E-state index contributed by atoms with van der Waals surface area (Å²) in [5.41, 5.74) is 6.74. The molecule has 1 amide bonds. The predicted octanol–water partition coefficient (Wildman–Crippen LogP) is 9.25. The van der Waals surface area contributed by atoms with E-state index in [4.69, 9.17) is 13.3 Å². The second kappa shape index (κ2) is 18.9. The molecular formula is C43H63N3O4Si. The van der Waals surface area contributed by atoms with Gasteiger partial charge >= 0.3 is 8.80 Å². The number of unbranched alkanes of at least 4 members (excludes halogenated alkanes) is 3. The van der Waals surface area contributed by atoms with E-state index in [2.05, 4.69) is 141 Å². The van der Waals surface area contributed by atoms with E-state index in [9.17, 15) is 4.79 Å². The van der Waals surface area contributed by atoms with Crippen LogP contribution in [0.25, 0.3) is 0 Å². The summed E-state index contributed by atoms with van der Waals surface area (Å²) in [6.07, 6.45) is 22.0. The summed E-state index contributed by atoms with van der Waals surface area (Å²) in [7, 11) is 2.25.